The van der Waals surface area contributed by atoms with E-state index in [2.05, 4.69) is 28.0 Å². The van der Waals surface area contributed by atoms with Gasteiger partial charge in [-0.15, -0.1) is 12.4 Å². The first-order chi connectivity index (χ1) is 12.2. The predicted molar refractivity (Wildman–Crippen MR) is 106 cm³/mol. The lowest BCUT2D eigenvalue weighted by Gasteiger charge is -2.28. The molecule has 1 aliphatic rings. The van der Waals surface area contributed by atoms with Crippen molar-refractivity contribution in [1.82, 2.24) is 14.9 Å². The molecular weight excluding hydrogens is 349 g/mol. The van der Waals surface area contributed by atoms with Crippen molar-refractivity contribution in [3.63, 3.8) is 0 Å². The summed E-state index contributed by atoms with van der Waals surface area (Å²) in [5, 5.41) is 0. The maximum atomic E-state index is 13.3. The van der Waals surface area contributed by atoms with E-state index in [1.807, 2.05) is 36.7 Å². The zero-order valence-corrected chi connectivity index (χ0v) is 15.6. The maximum Gasteiger partial charge on any atom is 0.123 e. The number of pyridine rings is 1. The van der Waals surface area contributed by atoms with Crippen molar-refractivity contribution in [2.75, 3.05) is 20.1 Å². The SMILES string of the molecule is CN1CCC(c2cc(-c3ccncc3)c(-c3ccc(F)cc3)[nH]2)CC1.Cl. The molecule has 0 spiro atoms. The summed E-state index contributed by atoms with van der Waals surface area (Å²) in [4.78, 5) is 10.1. The number of piperidine rings is 1. The standard InChI is InChI=1S/C21H22FN3.ClH/c1-25-12-8-16(9-13-25)20-14-19(15-6-10-23-11-7-15)21(24-20)17-2-4-18(22)5-3-17;/h2-7,10-11,14,16,24H,8-9,12-13H2,1H3;1H. The summed E-state index contributed by atoms with van der Waals surface area (Å²) < 4.78 is 13.3. The van der Waals surface area contributed by atoms with Crippen LogP contribution in [0.5, 0.6) is 0 Å². The third kappa shape index (κ3) is 3.81. The third-order valence-corrected chi connectivity index (χ3v) is 5.12. The van der Waals surface area contributed by atoms with E-state index >= 15 is 0 Å². The lowest BCUT2D eigenvalue weighted by Crippen LogP contribution is -2.29. The minimum Gasteiger partial charge on any atom is -0.358 e. The molecule has 1 fully saturated rings. The molecule has 0 saturated carbocycles. The molecule has 1 aromatic carbocycles. The molecule has 0 amide bonds. The van der Waals surface area contributed by atoms with Crippen LogP contribution in [0.1, 0.15) is 24.5 Å². The number of halogens is 2. The molecule has 3 nitrogen and oxygen atoms in total. The first-order valence-electron chi connectivity index (χ1n) is 8.78. The van der Waals surface area contributed by atoms with E-state index in [9.17, 15) is 4.39 Å². The highest BCUT2D eigenvalue weighted by molar-refractivity contribution is 5.85. The number of H-pyrrole nitrogens is 1. The van der Waals surface area contributed by atoms with Crippen LogP contribution in [0.4, 0.5) is 4.39 Å². The number of hydrogen-bond acceptors (Lipinski definition) is 2. The monoisotopic (exact) mass is 371 g/mol. The summed E-state index contributed by atoms with van der Waals surface area (Å²) in [5.74, 6) is 0.335. The normalized spacial score (nSPS) is 15.6. The van der Waals surface area contributed by atoms with E-state index in [-0.39, 0.29) is 18.2 Å². The minimum absolute atomic E-state index is 0. The highest BCUT2D eigenvalue weighted by Gasteiger charge is 2.22. The summed E-state index contributed by atoms with van der Waals surface area (Å²) >= 11 is 0. The van der Waals surface area contributed by atoms with Crippen LogP contribution < -0.4 is 0 Å². The molecule has 0 radical (unpaired) electrons. The molecule has 0 aliphatic carbocycles. The minimum atomic E-state index is -0.212. The van der Waals surface area contributed by atoms with Crippen molar-refractivity contribution in [2.24, 2.45) is 0 Å². The molecule has 0 atom stereocenters. The number of benzene rings is 1. The van der Waals surface area contributed by atoms with Crippen molar-refractivity contribution < 1.29 is 4.39 Å². The predicted octanol–water partition coefficient (Wildman–Crippen LogP) is 5.11. The van der Waals surface area contributed by atoms with Crippen LogP contribution in [0, 0.1) is 5.82 Å². The van der Waals surface area contributed by atoms with Crippen molar-refractivity contribution in [3.8, 4) is 22.4 Å². The van der Waals surface area contributed by atoms with Gasteiger partial charge in [0.15, 0.2) is 0 Å². The number of nitrogens with one attached hydrogen (secondary N) is 1. The number of hydrogen-bond donors (Lipinski definition) is 1. The molecule has 0 bridgehead atoms. The Balaban J connectivity index is 0.00000196. The second-order valence-electron chi connectivity index (χ2n) is 6.83. The quantitative estimate of drug-likeness (QED) is 0.693. The second-order valence-corrected chi connectivity index (χ2v) is 6.83. The van der Waals surface area contributed by atoms with Crippen LogP contribution in [0.2, 0.25) is 0 Å². The van der Waals surface area contributed by atoms with Gasteiger partial charge < -0.3 is 9.88 Å². The smallest absolute Gasteiger partial charge is 0.123 e. The Hall–Kier alpha value is -2.17. The molecule has 0 unspecified atom stereocenters. The van der Waals surface area contributed by atoms with E-state index < -0.39 is 0 Å². The van der Waals surface area contributed by atoms with Crippen molar-refractivity contribution >= 4 is 12.4 Å². The second kappa shape index (κ2) is 8.02. The van der Waals surface area contributed by atoms with Crippen LogP contribution in [-0.4, -0.2) is 35.0 Å². The van der Waals surface area contributed by atoms with Gasteiger partial charge in [0.1, 0.15) is 5.82 Å². The summed E-state index contributed by atoms with van der Waals surface area (Å²) in [6.07, 6.45) is 5.95. The van der Waals surface area contributed by atoms with Gasteiger partial charge in [0.05, 0.1) is 5.69 Å². The molecule has 1 aliphatic heterocycles. The summed E-state index contributed by atoms with van der Waals surface area (Å²) in [5.41, 5.74) is 5.62. The van der Waals surface area contributed by atoms with Crippen molar-refractivity contribution in [3.05, 3.63) is 66.4 Å². The topological polar surface area (TPSA) is 31.9 Å². The Labute approximate surface area is 159 Å². The van der Waals surface area contributed by atoms with Crippen LogP contribution in [-0.2, 0) is 0 Å². The fourth-order valence-corrected chi connectivity index (χ4v) is 3.62. The molecule has 26 heavy (non-hydrogen) atoms. The fourth-order valence-electron chi connectivity index (χ4n) is 3.62. The van der Waals surface area contributed by atoms with Gasteiger partial charge in [-0.25, -0.2) is 4.39 Å². The summed E-state index contributed by atoms with van der Waals surface area (Å²) in [7, 11) is 2.18. The van der Waals surface area contributed by atoms with Crippen LogP contribution in [0.3, 0.4) is 0 Å². The number of aromatic nitrogens is 2. The lowest BCUT2D eigenvalue weighted by atomic mass is 9.93. The Morgan fingerprint density at radius 2 is 1.65 bits per heavy atom. The largest absolute Gasteiger partial charge is 0.358 e. The Morgan fingerprint density at radius 1 is 1.00 bits per heavy atom. The van der Waals surface area contributed by atoms with Gasteiger partial charge in [-0.05, 0) is 86.6 Å². The molecule has 4 rings (SSSR count). The Bertz CT molecular complexity index is 837. The Kier molecular flexibility index (Phi) is 5.74. The number of rotatable bonds is 3. The first kappa shape index (κ1) is 18.6. The van der Waals surface area contributed by atoms with Gasteiger partial charge in [-0.1, -0.05) is 0 Å². The number of aromatic amines is 1. The van der Waals surface area contributed by atoms with Gasteiger partial charge in [-0.3, -0.25) is 4.98 Å². The number of likely N-dealkylation sites (tertiary alicyclic amines) is 1. The van der Waals surface area contributed by atoms with Crippen LogP contribution in [0.25, 0.3) is 22.4 Å². The van der Waals surface area contributed by atoms with E-state index in [1.54, 1.807) is 0 Å². The van der Waals surface area contributed by atoms with Crippen LogP contribution >= 0.6 is 12.4 Å². The summed E-state index contributed by atoms with van der Waals surface area (Å²) in [6, 6.07) is 13.0. The lowest BCUT2D eigenvalue weighted by molar-refractivity contribution is 0.253. The average Bonchev–Trinajstić information content (AvgIpc) is 3.09. The maximum absolute atomic E-state index is 13.3. The highest BCUT2D eigenvalue weighted by atomic mass is 35.5. The zero-order chi connectivity index (χ0) is 17.2. The van der Waals surface area contributed by atoms with E-state index in [0.717, 1.165) is 48.3 Å². The molecule has 5 heteroatoms. The fraction of sp³-hybridized carbons (Fsp3) is 0.286. The molecule has 1 N–H and O–H groups in total. The third-order valence-electron chi connectivity index (χ3n) is 5.12. The zero-order valence-electron chi connectivity index (χ0n) is 14.8. The Morgan fingerprint density at radius 3 is 2.31 bits per heavy atom. The van der Waals surface area contributed by atoms with Gasteiger partial charge >= 0.3 is 0 Å². The van der Waals surface area contributed by atoms with E-state index in [0.29, 0.717) is 5.92 Å². The van der Waals surface area contributed by atoms with Gasteiger partial charge in [-0.2, -0.15) is 0 Å². The van der Waals surface area contributed by atoms with Gasteiger partial charge in [0.25, 0.3) is 0 Å². The highest BCUT2D eigenvalue weighted by Crippen LogP contribution is 2.37. The molecule has 2 aromatic heterocycles. The van der Waals surface area contributed by atoms with E-state index in [4.69, 9.17) is 0 Å². The summed E-state index contributed by atoms with van der Waals surface area (Å²) in [6.45, 7) is 2.25. The average molecular weight is 372 g/mol. The van der Waals surface area contributed by atoms with Crippen LogP contribution in [0.15, 0.2) is 54.9 Å². The van der Waals surface area contributed by atoms with E-state index in [1.165, 1.54) is 17.8 Å². The van der Waals surface area contributed by atoms with Gasteiger partial charge in [0.2, 0.25) is 0 Å². The molecule has 1 saturated heterocycles. The first-order valence-corrected chi connectivity index (χ1v) is 8.78. The van der Waals surface area contributed by atoms with Crippen molar-refractivity contribution in [2.45, 2.75) is 18.8 Å². The van der Waals surface area contributed by atoms with Gasteiger partial charge in [0, 0.05) is 29.6 Å². The molecule has 3 aromatic rings. The molecule has 136 valence electrons. The number of nitrogens with zero attached hydrogens (tertiary/aromatic N) is 2. The molecule has 3 heterocycles. The molecular formula is C21H23ClFN3. The van der Waals surface area contributed by atoms with Crippen molar-refractivity contribution in [1.29, 1.82) is 0 Å².